The van der Waals surface area contributed by atoms with Gasteiger partial charge in [0.1, 0.15) is 0 Å². The van der Waals surface area contributed by atoms with Crippen LogP contribution < -0.4 is 5.56 Å². The molecule has 1 fully saturated rings. The Balaban J connectivity index is 1.93. The lowest BCUT2D eigenvalue weighted by Gasteiger charge is -2.34. The molecule has 5 nitrogen and oxygen atoms in total. The topological polar surface area (TPSA) is 56.4 Å². The molecular weight excluding hydrogens is 266 g/mol. The summed E-state index contributed by atoms with van der Waals surface area (Å²) in [6.07, 6.45) is 0. The molecule has 2 aromatic rings. The number of nitrogens with one attached hydrogen (secondary N) is 1. The first-order valence-electron chi connectivity index (χ1n) is 7.32. The molecule has 0 unspecified atom stereocenters. The number of hydrogen-bond acceptors (Lipinski definition) is 3. The summed E-state index contributed by atoms with van der Waals surface area (Å²) in [5.74, 6) is -0.0481. The minimum absolute atomic E-state index is 0.0481. The van der Waals surface area contributed by atoms with Crippen LogP contribution in [0.3, 0.4) is 0 Å². The number of para-hydroxylation sites is 1. The van der Waals surface area contributed by atoms with Gasteiger partial charge in [-0.3, -0.25) is 9.59 Å². The maximum absolute atomic E-state index is 12.7. The van der Waals surface area contributed by atoms with Gasteiger partial charge in [0.25, 0.3) is 5.91 Å². The molecule has 0 spiro atoms. The van der Waals surface area contributed by atoms with Crippen LogP contribution in [0.15, 0.2) is 35.1 Å². The summed E-state index contributed by atoms with van der Waals surface area (Å²) in [4.78, 5) is 31.4. The van der Waals surface area contributed by atoms with Crippen molar-refractivity contribution in [3.05, 3.63) is 46.2 Å². The van der Waals surface area contributed by atoms with E-state index in [1.54, 1.807) is 0 Å². The zero-order valence-corrected chi connectivity index (χ0v) is 12.1. The van der Waals surface area contributed by atoms with Crippen LogP contribution in [0.1, 0.15) is 17.3 Å². The molecule has 5 heteroatoms. The molecule has 1 aliphatic rings. The van der Waals surface area contributed by atoms with Crippen molar-refractivity contribution in [2.24, 2.45) is 0 Å². The highest BCUT2D eigenvalue weighted by Gasteiger charge is 2.23. The van der Waals surface area contributed by atoms with E-state index in [0.29, 0.717) is 24.2 Å². The van der Waals surface area contributed by atoms with Crippen molar-refractivity contribution in [1.82, 2.24) is 14.8 Å². The van der Waals surface area contributed by atoms with Gasteiger partial charge in [0.2, 0.25) is 5.56 Å². The minimum Gasteiger partial charge on any atom is -0.336 e. The van der Waals surface area contributed by atoms with Gasteiger partial charge in [-0.05, 0) is 12.6 Å². The van der Waals surface area contributed by atoms with E-state index in [-0.39, 0.29) is 11.5 Å². The van der Waals surface area contributed by atoms with Gasteiger partial charge in [-0.25, -0.2) is 0 Å². The number of H-pyrrole nitrogens is 1. The standard InChI is InChI=1S/C16H19N3O2/c1-2-18-7-9-19(10-8-18)16(21)13-11-15(20)17-14-6-4-3-5-12(13)14/h3-6,11H,2,7-10H2,1H3,(H,17,20). The smallest absolute Gasteiger partial charge is 0.254 e. The number of aromatic nitrogens is 1. The molecule has 1 amide bonds. The fourth-order valence-corrected chi connectivity index (χ4v) is 2.82. The SMILES string of the molecule is CCN1CCN(C(=O)c2cc(=O)[nH]c3ccccc23)CC1. The van der Waals surface area contributed by atoms with Crippen LogP contribution in [0, 0.1) is 0 Å². The summed E-state index contributed by atoms with van der Waals surface area (Å²) in [6, 6.07) is 8.85. The second-order valence-electron chi connectivity index (χ2n) is 5.32. The van der Waals surface area contributed by atoms with Crippen molar-refractivity contribution < 1.29 is 4.79 Å². The lowest BCUT2D eigenvalue weighted by atomic mass is 10.1. The first kappa shape index (κ1) is 13.8. The predicted molar refractivity (Wildman–Crippen MR) is 82.6 cm³/mol. The molecule has 0 atom stereocenters. The number of amides is 1. The van der Waals surface area contributed by atoms with E-state index < -0.39 is 0 Å². The number of pyridine rings is 1. The molecule has 3 rings (SSSR count). The number of aromatic amines is 1. The van der Waals surface area contributed by atoms with Gasteiger partial charge in [0.15, 0.2) is 0 Å². The number of rotatable bonds is 2. The molecule has 0 bridgehead atoms. The van der Waals surface area contributed by atoms with Crippen molar-refractivity contribution in [3.8, 4) is 0 Å². The summed E-state index contributed by atoms with van der Waals surface area (Å²) in [6.45, 7) is 6.35. The molecule has 110 valence electrons. The van der Waals surface area contributed by atoms with Gasteiger partial charge in [0, 0.05) is 43.1 Å². The van der Waals surface area contributed by atoms with E-state index in [4.69, 9.17) is 0 Å². The summed E-state index contributed by atoms with van der Waals surface area (Å²) >= 11 is 0. The third-order valence-corrected chi connectivity index (χ3v) is 4.09. The largest absolute Gasteiger partial charge is 0.336 e. The number of fused-ring (bicyclic) bond motifs is 1. The lowest BCUT2D eigenvalue weighted by molar-refractivity contribution is 0.0645. The number of likely N-dealkylation sites (N-methyl/N-ethyl adjacent to an activating group) is 1. The third kappa shape index (κ3) is 2.69. The molecule has 1 aromatic carbocycles. The molecular formula is C16H19N3O2. The fourth-order valence-electron chi connectivity index (χ4n) is 2.82. The van der Waals surface area contributed by atoms with Crippen LogP contribution in [-0.4, -0.2) is 53.4 Å². The normalized spacial score (nSPS) is 16.3. The van der Waals surface area contributed by atoms with Gasteiger partial charge in [-0.15, -0.1) is 0 Å². The van der Waals surface area contributed by atoms with E-state index in [0.717, 1.165) is 25.0 Å². The zero-order valence-electron chi connectivity index (χ0n) is 12.1. The molecule has 0 aliphatic carbocycles. The van der Waals surface area contributed by atoms with Crippen LogP contribution >= 0.6 is 0 Å². The number of nitrogens with zero attached hydrogens (tertiary/aromatic N) is 2. The maximum atomic E-state index is 12.7. The zero-order chi connectivity index (χ0) is 14.8. The Morgan fingerprint density at radius 1 is 1.19 bits per heavy atom. The Kier molecular flexibility index (Phi) is 3.75. The van der Waals surface area contributed by atoms with Crippen LogP contribution in [0.2, 0.25) is 0 Å². The molecule has 1 aliphatic heterocycles. The van der Waals surface area contributed by atoms with E-state index in [1.165, 1.54) is 6.07 Å². The van der Waals surface area contributed by atoms with E-state index in [9.17, 15) is 9.59 Å². The molecule has 1 N–H and O–H groups in total. The van der Waals surface area contributed by atoms with E-state index in [2.05, 4.69) is 16.8 Å². The van der Waals surface area contributed by atoms with E-state index >= 15 is 0 Å². The summed E-state index contributed by atoms with van der Waals surface area (Å²) in [5.41, 5.74) is 0.976. The highest BCUT2D eigenvalue weighted by atomic mass is 16.2. The Morgan fingerprint density at radius 3 is 2.62 bits per heavy atom. The van der Waals surface area contributed by atoms with Gasteiger partial charge < -0.3 is 14.8 Å². The Bertz CT molecular complexity index is 715. The van der Waals surface area contributed by atoms with Crippen LogP contribution in [0.4, 0.5) is 0 Å². The fraction of sp³-hybridized carbons (Fsp3) is 0.375. The van der Waals surface area contributed by atoms with Crippen molar-refractivity contribution >= 4 is 16.8 Å². The summed E-state index contributed by atoms with van der Waals surface area (Å²) in [5, 5.41) is 0.806. The van der Waals surface area contributed by atoms with Crippen molar-refractivity contribution in [1.29, 1.82) is 0 Å². The quantitative estimate of drug-likeness (QED) is 0.905. The Morgan fingerprint density at radius 2 is 1.90 bits per heavy atom. The maximum Gasteiger partial charge on any atom is 0.254 e. The molecule has 1 aromatic heterocycles. The second-order valence-corrected chi connectivity index (χ2v) is 5.32. The van der Waals surface area contributed by atoms with Crippen molar-refractivity contribution in [2.75, 3.05) is 32.7 Å². The van der Waals surface area contributed by atoms with Gasteiger partial charge in [-0.2, -0.15) is 0 Å². The van der Waals surface area contributed by atoms with Gasteiger partial charge >= 0.3 is 0 Å². The highest BCUT2D eigenvalue weighted by Crippen LogP contribution is 2.17. The van der Waals surface area contributed by atoms with Crippen LogP contribution in [0.5, 0.6) is 0 Å². The highest BCUT2D eigenvalue weighted by molar-refractivity contribution is 6.05. The van der Waals surface area contributed by atoms with Gasteiger partial charge in [-0.1, -0.05) is 25.1 Å². The molecule has 0 saturated carbocycles. The lowest BCUT2D eigenvalue weighted by Crippen LogP contribution is -2.48. The number of benzene rings is 1. The van der Waals surface area contributed by atoms with Gasteiger partial charge in [0.05, 0.1) is 5.56 Å². The monoisotopic (exact) mass is 285 g/mol. The minimum atomic E-state index is -0.232. The van der Waals surface area contributed by atoms with Crippen LogP contribution in [-0.2, 0) is 0 Å². The molecule has 0 radical (unpaired) electrons. The Labute approximate surface area is 123 Å². The number of piperazine rings is 1. The van der Waals surface area contributed by atoms with Crippen LogP contribution in [0.25, 0.3) is 10.9 Å². The first-order valence-corrected chi connectivity index (χ1v) is 7.32. The van der Waals surface area contributed by atoms with Crippen molar-refractivity contribution in [2.45, 2.75) is 6.92 Å². The Hall–Kier alpha value is -2.14. The number of carbonyl (C=O) groups is 1. The summed E-state index contributed by atoms with van der Waals surface area (Å²) in [7, 11) is 0. The predicted octanol–water partition coefficient (Wildman–Crippen LogP) is 1.31. The number of hydrogen-bond donors (Lipinski definition) is 1. The molecule has 2 heterocycles. The average Bonchev–Trinajstić information content (AvgIpc) is 2.53. The van der Waals surface area contributed by atoms with Crippen molar-refractivity contribution in [3.63, 3.8) is 0 Å². The third-order valence-electron chi connectivity index (χ3n) is 4.09. The first-order chi connectivity index (χ1) is 10.2. The molecule has 21 heavy (non-hydrogen) atoms. The summed E-state index contributed by atoms with van der Waals surface area (Å²) < 4.78 is 0. The second kappa shape index (κ2) is 5.69. The number of carbonyl (C=O) groups excluding carboxylic acids is 1. The average molecular weight is 285 g/mol. The van der Waals surface area contributed by atoms with E-state index in [1.807, 2.05) is 29.2 Å². The molecule has 1 saturated heterocycles.